The fourth-order valence-electron chi connectivity index (χ4n) is 17.5. The Morgan fingerprint density at radius 2 is 1.11 bits per heavy atom. The number of anilines is 3. The maximum Gasteiger partial charge on any atom is 0.185 e. The number of rotatable bonds is 9. The first-order chi connectivity index (χ1) is 50.4. The van der Waals surface area contributed by atoms with Crippen LogP contribution in [0.3, 0.4) is 0 Å². The predicted molar refractivity (Wildman–Crippen MR) is 403 cm³/mol. The topological polar surface area (TPSA) is 166 Å². The van der Waals surface area contributed by atoms with E-state index in [9.17, 15) is 4.39 Å². The smallest absolute Gasteiger partial charge is 0.185 e. The zero-order valence-corrected chi connectivity index (χ0v) is 58.8. The van der Waals surface area contributed by atoms with Crippen LogP contribution in [-0.2, 0) is 19.6 Å². The second-order valence-corrected chi connectivity index (χ2v) is 29.9. The van der Waals surface area contributed by atoms with Crippen molar-refractivity contribution in [3.8, 4) is 97.1 Å². The van der Waals surface area contributed by atoms with Gasteiger partial charge in [-0.05, 0) is 209 Å². The number of nitrogens with zero attached hydrogens (tertiary/aromatic N) is 16. The summed E-state index contributed by atoms with van der Waals surface area (Å²) in [5, 5.41) is 33.9. The lowest BCUT2D eigenvalue weighted by atomic mass is 9.75. The maximum absolute atomic E-state index is 13.5. The van der Waals surface area contributed by atoms with Gasteiger partial charge in [-0.15, -0.1) is 10.2 Å². The van der Waals surface area contributed by atoms with Gasteiger partial charge in [-0.2, -0.15) is 10.5 Å². The largest absolute Gasteiger partial charge is 0.371 e. The molecule has 13 heterocycles. The number of aromatic nitrogens is 10. The fraction of sp³-hybridized carbons (Fsp3) is 0.310. The molecular weight excluding hydrogens is 1280 g/mol. The molecule has 103 heavy (non-hydrogen) atoms. The molecule has 0 amide bonds. The summed E-state index contributed by atoms with van der Waals surface area (Å²) in [4.78, 5) is 19.9. The first-order valence-electron chi connectivity index (χ1n) is 36.5. The Hall–Kier alpha value is -11.1. The van der Waals surface area contributed by atoms with Crippen LogP contribution in [0, 0.1) is 46.7 Å². The Balaban J connectivity index is 0.000000111. The minimum atomic E-state index is -0.210. The van der Waals surface area contributed by atoms with Gasteiger partial charge in [-0.3, -0.25) is 18.6 Å². The van der Waals surface area contributed by atoms with Gasteiger partial charge in [0.1, 0.15) is 12.1 Å². The SMILES string of the molecule is CNC[C@@H]1CCN(c2ccc3c(c2)Cn2cc(-c4ccc(C#N)cc4)cc2-c2nncn2-3)C1.Cc1cnc2n1-c1ccc(N3C[C@@H](C)N[C@@H](C)C3)cc1Cn1cc(-c3ccc(C#N)cc3)cc1-2.Fc1ccc(-c2cc3n(c2)Cc2cc(N4CCC5(C4)CN(C4CCC4)C5)ccc2-n2ccnc2-3)cc1. The van der Waals surface area contributed by atoms with Crippen LogP contribution in [0.25, 0.3) is 85.0 Å². The van der Waals surface area contributed by atoms with E-state index in [0.717, 1.165) is 144 Å². The van der Waals surface area contributed by atoms with Crippen molar-refractivity contribution in [2.75, 3.05) is 80.7 Å². The zero-order valence-electron chi connectivity index (χ0n) is 58.8. The molecule has 5 fully saturated rings. The van der Waals surface area contributed by atoms with E-state index in [4.69, 9.17) is 20.5 Å². The number of piperazine rings is 1. The molecule has 6 aromatic carbocycles. The summed E-state index contributed by atoms with van der Waals surface area (Å²) in [6, 6.07) is 55.6. The van der Waals surface area contributed by atoms with Gasteiger partial charge in [0, 0.05) is 172 Å². The molecule has 0 radical (unpaired) electrons. The van der Waals surface area contributed by atoms with Crippen LogP contribution in [-0.4, -0.2) is 137 Å². The molecule has 3 atom stereocenters. The number of benzene rings is 6. The van der Waals surface area contributed by atoms with Gasteiger partial charge < -0.3 is 39.0 Å². The molecular formula is C84H83FN18. The highest BCUT2D eigenvalue weighted by Crippen LogP contribution is 2.46. The minimum Gasteiger partial charge on any atom is -0.371 e. The molecule has 6 aromatic heterocycles. The van der Waals surface area contributed by atoms with Gasteiger partial charge in [-0.25, -0.2) is 14.4 Å². The Morgan fingerprint density at radius 3 is 1.69 bits per heavy atom. The first kappa shape index (κ1) is 64.0. The molecule has 2 N–H and O–H groups in total. The third-order valence-electron chi connectivity index (χ3n) is 22.9. The molecule has 516 valence electrons. The summed E-state index contributed by atoms with van der Waals surface area (Å²) in [6.45, 7) is 19.2. The molecule has 8 aliphatic rings. The molecule has 20 rings (SSSR count). The van der Waals surface area contributed by atoms with Crippen molar-refractivity contribution in [2.24, 2.45) is 11.3 Å². The third-order valence-corrected chi connectivity index (χ3v) is 22.9. The number of aryl methyl sites for hydroxylation is 1. The van der Waals surface area contributed by atoms with E-state index in [0.29, 0.717) is 34.5 Å². The number of imidazole rings is 2. The molecule has 12 aromatic rings. The molecule has 0 bridgehead atoms. The number of nitriles is 2. The minimum absolute atomic E-state index is 0.210. The van der Waals surface area contributed by atoms with Gasteiger partial charge in [0.2, 0.25) is 0 Å². The molecule has 18 nitrogen and oxygen atoms in total. The lowest BCUT2D eigenvalue weighted by Crippen LogP contribution is -2.62. The average Bonchev–Trinajstić information content (AvgIpc) is 1.18. The standard InChI is InChI=1S/C30H30FN5.C28H28N6.C26H25N7/c31-24-6-4-21(5-7-24)22-15-28-29-32-11-13-36(29)27-9-8-26(14-23(27)17-34(28)16-22)33-12-10-30(18-33)19-35(20-30)25-2-1-3-25;1-18-14-32(15-19(2)31-18)25-8-9-26-24(10-25)17-33-16-23(22-6-4-21(12-29)5-7-22)11-27(33)28-30-13-20(3)34(26)28;1-28-13-19-8-9-31(14-19)23-6-7-24-22(10-23)16-32-15-21(20-4-2-18(12-27)3-5-20)11-25(32)26-30-29-17-33(24)26/h4-9,11,13-16,25H,1-3,10,12,17-20H2;4-11,13,16,18-19,31H,14-15,17H2,1-3H3;2-7,10-11,15,17,19,28H,8-9,13-14,16H2,1H3/t;18-,19+;19-/m..0/s1. The van der Waals surface area contributed by atoms with Crippen molar-refractivity contribution in [1.82, 2.24) is 63.1 Å². The number of halogens is 1. The number of likely N-dealkylation sites (tertiary alicyclic amines) is 1. The van der Waals surface area contributed by atoms with Crippen LogP contribution >= 0.6 is 0 Å². The van der Waals surface area contributed by atoms with E-state index in [1.165, 1.54) is 109 Å². The third kappa shape index (κ3) is 11.9. The van der Waals surface area contributed by atoms with Gasteiger partial charge in [0.25, 0.3) is 0 Å². The molecule has 7 aliphatic heterocycles. The van der Waals surface area contributed by atoms with Gasteiger partial charge in [0.05, 0.1) is 57.4 Å². The summed E-state index contributed by atoms with van der Waals surface area (Å²) in [6.07, 6.45) is 21.0. The summed E-state index contributed by atoms with van der Waals surface area (Å²) in [7, 11) is 2.03. The lowest BCUT2D eigenvalue weighted by molar-refractivity contribution is -0.0406. The van der Waals surface area contributed by atoms with Crippen LogP contribution in [0.2, 0.25) is 0 Å². The summed E-state index contributed by atoms with van der Waals surface area (Å²) in [5.74, 6) is 3.24. The van der Waals surface area contributed by atoms with E-state index >= 15 is 0 Å². The molecule has 1 aliphatic carbocycles. The summed E-state index contributed by atoms with van der Waals surface area (Å²) < 4.78 is 26.9. The second-order valence-electron chi connectivity index (χ2n) is 29.9. The number of nitrogens with one attached hydrogen (secondary N) is 2. The van der Waals surface area contributed by atoms with E-state index in [2.05, 4.69) is 198 Å². The van der Waals surface area contributed by atoms with Crippen molar-refractivity contribution >= 4 is 17.1 Å². The van der Waals surface area contributed by atoms with Crippen molar-refractivity contribution in [3.63, 3.8) is 0 Å². The zero-order chi connectivity index (χ0) is 69.6. The van der Waals surface area contributed by atoms with Crippen LogP contribution in [0.4, 0.5) is 21.5 Å². The highest BCUT2D eigenvalue weighted by Gasteiger charge is 2.50. The van der Waals surface area contributed by atoms with E-state index < -0.39 is 0 Å². The van der Waals surface area contributed by atoms with Crippen LogP contribution in [0.5, 0.6) is 0 Å². The van der Waals surface area contributed by atoms with E-state index in [1.54, 1.807) is 6.33 Å². The number of fused-ring (bicyclic) bond motifs is 15. The summed E-state index contributed by atoms with van der Waals surface area (Å²) >= 11 is 0. The van der Waals surface area contributed by atoms with E-state index in [-0.39, 0.29) is 5.82 Å². The van der Waals surface area contributed by atoms with Crippen molar-refractivity contribution < 1.29 is 4.39 Å². The predicted octanol–water partition coefficient (Wildman–Crippen LogP) is 14.0. The fourth-order valence-corrected chi connectivity index (χ4v) is 17.5. The monoisotopic (exact) mass is 1360 g/mol. The van der Waals surface area contributed by atoms with Crippen molar-refractivity contribution in [3.05, 3.63) is 228 Å². The Kier molecular flexibility index (Phi) is 16.2. The second kappa shape index (κ2) is 26.1. The van der Waals surface area contributed by atoms with Crippen LogP contribution < -0.4 is 25.3 Å². The quantitative estimate of drug-likeness (QED) is 0.141. The highest BCUT2D eigenvalue weighted by molar-refractivity contribution is 5.76. The normalized spacial score (nSPS) is 18.7. The molecule has 0 unspecified atom stereocenters. The lowest BCUT2D eigenvalue weighted by Gasteiger charge is -2.54. The molecule has 1 spiro atoms. The maximum atomic E-state index is 13.5. The molecule has 19 heteroatoms. The van der Waals surface area contributed by atoms with Crippen LogP contribution in [0.15, 0.2) is 189 Å². The average molecular weight is 1360 g/mol. The van der Waals surface area contributed by atoms with Crippen molar-refractivity contribution in [2.45, 2.75) is 90.6 Å². The van der Waals surface area contributed by atoms with E-state index in [1.807, 2.05) is 80.1 Å². The Labute approximate surface area is 600 Å². The molecule has 4 saturated heterocycles. The van der Waals surface area contributed by atoms with Crippen LogP contribution in [0.1, 0.15) is 79.5 Å². The molecule has 1 saturated carbocycles. The van der Waals surface area contributed by atoms with Gasteiger partial charge >= 0.3 is 0 Å². The Bertz CT molecular complexity index is 5260. The number of hydrogen-bond donors (Lipinski definition) is 2. The Morgan fingerprint density at radius 1 is 0.563 bits per heavy atom. The summed E-state index contributed by atoms with van der Waals surface area (Å²) in [5.41, 5.74) is 24.0. The first-order valence-corrected chi connectivity index (χ1v) is 36.5. The van der Waals surface area contributed by atoms with Crippen molar-refractivity contribution in [1.29, 1.82) is 10.5 Å². The van der Waals surface area contributed by atoms with Gasteiger partial charge in [-0.1, -0.05) is 42.8 Å². The number of hydrogen-bond acceptors (Lipinski definition) is 12. The highest BCUT2D eigenvalue weighted by atomic mass is 19.1. The van der Waals surface area contributed by atoms with Gasteiger partial charge in [0.15, 0.2) is 17.5 Å².